The molecular formula is C16H12ClF3N2O2. The molecule has 0 fully saturated rings. The number of methoxy groups -OCH3 is 1. The molecule has 1 aromatic heterocycles. The summed E-state index contributed by atoms with van der Waals surface area (Å²) >= 11 is 6.02. The lowest BCUT2D eigenvalue weighted by molar-refractivity contribution is -0.141. The molecule has 0 unspecified atom stereocenters. The van der Waals surface area contributed by atoms with Crippen LogP contribution in [0.5, 0.6) is 5.75 Å². The first kappa shape index (κ1) is 16.6. The van der Waals surface area contributed by atoms with E-state index in [9.17, 15) is 18.0 Å². The molecule has 1 aliphatic rings. The Bertz CT molecular complexity index is 839. The number of aromatic nitrogens is 1. The van der Waals surface area contributed by atoms with E-state index in [2.05, 4.69) is 10.3 Å². The molecule has 0 spiro atoms. The number of halogens is 4. The zero-order chi connectivity index (χ0) is 17.7. The van der Waals surface area contributed by atoms with Crippen LogP contribution in [0.15, 0.2) is 30.3 Å². The summed E-state index contributed by atoms with van der Waals surface area (Å²) in [6.45, 7) is 1.59. The van der Waals surface area contributed by atoms with Crippen molar-refractivity contribution >= 4 is 23.3 Å². The predicted molar refractivity (Wildman–Crippen MR) is 82.3 cm³/mol. The van der Waals surface area contributed by atoms with Gasteiger partial charge in [-0.1, -0.05) is 17.7 Å². The van der Waals surface area contributed by atoms with Crippen LogP contribution in [0.2, 0.25) is 5.02 Å². The van der Waals surface area contributed by atoms with E-state index in [-0.39, 0.29) is 5.82 Å². The maximum absolute atomic E-state index is 12.8. The monoisotopic (exact) mass is 356 g/mol. The number of pyridine rings is 1. The van der Waals surface area contributed by atoms with Gasteiger partial charge in [-0.3, -0.25) is 4.79 Å². The number of nitrogens with zero attached hydrogens (tertiary/aromatic N) is 1. The molecule has 2 heterocycles. The Morgan fingerprint density at radius 3 is 2.54 bits per heavy atom. The number of amides is 1. The first-order chi connectivity index (χ1) is 11.2. The van der Waals surface area contributed by atoms with Gasteiger partial charge in [-0.05, 0) is 31.2 Å². The normalized spacial score (nSPS) is 19.8. The molecule has 1 N–H and O–H groups in total. The van der Waals surface area contributed by atoms with Crippen LogP contribution in [0.4, 0.5) is 19.0 Å². The molecule has 0 saturated carbocycles. The average molecular weight is 357 g/mol. The van der Waals surface area contributed by atoms with Crippen molar-refractivity contribution in [3.05, 3.63) is 52.2 Å². The van der Waals surface area contributed by atoms with Gasteiger partial charge in [-0.25, -0.2) is 4.98 Å². The van der Waals surface area contributed by atoms with Gasteiger partial charge in [0.2, 0.25) is 5.91 Å². The molecule has 24 heavy (non-hydrogen) atoms. The van der Waals surface area contributed by atoms with Crippen LogP contribution in [-0.4, -0.2) is 18.0 Å². The quantitative estimate of drug-likeness (QED) is 0.884. The number of benzene rings is 1. The van der Waals surface area contributed by atoms with Gasteiger partial charge in [-0.15, -0.1) is 0 Å². The van der Waals surface area contributed by atoms with Gasteiger partial charge in [0.05, 0.1) is 7.11 Å². The molecule has 2 aromatic rings. The number of carbonyl (C=O) groups is 1. The Hall–Kier alpha value is -2.28. The van der Waals surface area contributed by atoms with Gasteiger partial charge < -0.3 is 10.1 Å². The van der Waals surface area contributed by atoms with Crippen molar-refractivity contribution in [1.29, 1.82) is 0 Å². The van der Waals surface area contributed by atoms with Crippen molar-refractivity contribution in [2.45, 2.75) is 18.5 Å². The van der Waals surface area contributed by atoms with Gasteiger partial charge in [-0.2, -0.15) is 13.2 Å². The van der Waals surface area contributed by atoms with Crippen LogP contribution >= 0.6 is 11.6 Å². The number of nitrogens with one attached hydrogen (secondary N) is 1. The zero-order valence-corrected chi connectivity index (χ0v) is 13.4. The Balaban J connectivity index is 2.21. The number of carbonyl (C=O) groups excluding carboxylic acids is 1. The van der Waals surface area contributed by atoms with Crippen molar-refractivity contribution in [3.8, 4) is 5.75 Å². The van der Waals surface area contributed by atoms with Crippen molar-refractivity contribution < 1.29 is 22.7 Å². The van der Waals surface area contributed by atoms with E-state index in [0.717, 1.165) is 6.07 Å². The summed E-state index contributed by atoms with van der Waals surface area (Å²) in [5.41, 5.74) is -1.54. The van der Waals surface area contributed by atoms with Crippen LogP contribution in [0, 0.1) is 0 Å². The van der Waals surface area contributed by atoms with E-state index >= 15 is 0 Å². The average Bonchev–Trinajstić information content (AvgIpc) is 2.78. The minimum atomic E-state index is -4.59. The van der Waals surface area contributed by atoms with E-state index in [1.54, 1.807) is 25.1 Å². The van der Waals surface area contributed by atoms with Crippen LogP contribution < -0.4 is 10.1 Å². The van der Waals surface area contributed by atoms with E-state index in [1.165, 1.54) is 13.2 Å². The number of anilines is 1. The topological polar surface area (TPSA) is 51.2 Å². The Labute approximate surface area is 140 Å². The van der Waals surface area contributed by atoms with Gasteiger partial charge in [0.1, 0.15) is 22.7 Å². The van der Waals surface area contributed by atoms with Gasteiger partial charge in [0.15, 0.2) is 0 Å². The summed E-state index contributed by atoms with van der Waals surface area (Å²) < 4.78 is 43.8. The molecule has 4 nitrogen and oxygen atoms in total. The van der Waals surface area contributed by atoms with Gasteiger partial charge >= 0.3 is 6.18 Å². The van der Waals surface area contributed by atoms with Crippen molar-refractivity contribution in [1.82, 2.24) is 4.98 Å². The van der Waals surface area contributed by atoms with Gasteiger partial charge in [0, 0.05) is 16.1 Å². The molecular weight excluding hydrogens is 345 g/mol. The second-order valence-electron chi connectivity index (χ2n) is 5.51. The SMILES string of the molecule is COc1ccc(Cl)cc1[C@]1(C)C(=O)Nc2nc(C(F)(F)F)ccc21. The number of fused-ring (bicyclic) bond motifs is 1. The van der Waals surface area contributed by atoms with E-state index in [1.807, 2.05) is 0 Å². The van der Waals surface area contributed by atoms with Crippen molar-refractivity contribution in [3.63, 3.8) is 0 Å². The van der Waals surface area contributed by atoms with Crippen molar-refractivity contribution in [2.75, 3.05) is 12.4 Å². The molecule has 1 amide bonds. The van der Waals surface area contributed by atoms with E-state index in [4.69, 9.17) is 16.3 Å². The number of rotatable bonds is 2. The first-order valence-corrected chi connectivity index (χ1v) is 7.30. The highest BCUT2D eigenvalue weighted by Crippen LogP contribution is 2.46. The summed E-state index contributed by atoms with van der Waals surface area (Å²) in [7, 11) is 1.44. The molecule has 0 saturated heterocycles. The largest absolute Gasteiger partial charge is 0.496 e. The van der Waals surface area contributed by atoms with E-state index < -0.39 is 23.2 Å². The third kappa shape index (κ3) is 2.39. The number of hydrogen-bond acceptors (Lipinski definition) is 3. The molecule has 1 aromatic carbocycles. The summed E-state index contributed by atoms with van der Waals surface area (Å²) in [5, 5.41) is 2.80. The van der Waals surface area contributed by atoms with Crippen molar-refractivity contribution in [2.24, 2.45) is 0 Å². The summed E-state index contributed by atoms with van der Waals surface area (Å²) in [6, 6.07) is 6.88. The van der Waals surface area contributed by atoms with Crippen LogP contribution in [0.25, 0.3) is 0 Å². The lowest BCUT2D eigenvalue weighted by atomic mass is 9.77. The Kier molecular flexibility index (Phi) is 3.71. The first-order valence-electron chi connectivity index (χ1n) is 6.92. The minimum absolute atomic E-state index is 0.112. The number of alkyl halides is 3. The molecule has 0 aliphatic carbocycles. The maximum atomic E-state index is 12.8. The summed E-state index contributed by atoms with van der Waals surface area (Å²) in [5.74, 6) is -0.200. The third-order valence-corrected chi connectivity index (χ3v) is 4.35. The fraction of sp³-hybridized carbons (Fsp3) is 0.250. The van der Waals surface area contributed by atoms with Crippen LogP contribution in [0.3, 0.4) is 0 Å². The highest BCUT2D eigenvalue weighted by molar-refractivity contribution is 6.30. The van der Waals surface area contributed by atoms with Crippen LogP contribution in [0.1, 0.15) is 23.7 Å². The molecule has 126 valence electrons. The molecule has 0 bridgehead atoms. The predicted octanol–water partition coefficient (Wildman–Crippen LogP) is 4.02. The third-order valence-electron chi connectivity index (χ3n) is 4.11. The maximum Gasteiger partial charge on any atom is 0.433 e. The Morgan fingerprint density at radius 1 is 1.21 bits per heavy atom. The smallest absolute Gasteiger partial charge is 0.433 e. The van der Waals surface area contributed by atoms with E-state index in [0.29, 0.717) is 21.9 Å². The second kappa shape index (κ2) is 5.37. The molecule has 0 radical (unpaired) electrons. The lowest BCUT2D eigenvalue weighted by Gasteiger charge is -2.25. The van der Waals surface area contributed by atoms with Crippen LogP contribution in [-0.2, 0) is 16.4 Å². The number of hydrogen-bond donors (Lipinski definition) is 1. The van der Waals surface area contributed by atoms with Gasteiger partial charge in [0.25, 0.3) is 0 Å². The highest BCUT2D eigenvalue weighted by Gasteiger charge is 2.48. The molecule has 1 aliphatic heterocycles. The standard InChI is InChI=1S/C16H12ClF3N2O2/c1-15(10-7-8(17)3-5-11(10)24-2)9-4-6-12(16(18,19)20)21-13(9)22-14(15)23/h3-7H,1-2H3,(H,21,22,23)/t15-/m1/s1. The molecule has 3 rings (SSSR count). The summed E-state index contributed by atoms with van der Waals surface area (Å²) in [6.07, 6.45) is -4.59. The summed E-state index contributed by atoms with van der Waals surface area (Å²) in [4.78, 5) is 16.1. The lowest BCUT2D eigenvalue weighted by Crippen LogP contribution is -2.32. The second-order valence-corrected chi connectivity index (χ2v) is 5.95. The Morgan fingerprint density at radius 2 is 1.92 bits per heavy atom. The minimum Gasteiger partial charge on any atom is -0.496 e. The molecule has 1 atom stereocenters. The number of ether oxygens (including phenoxy) is 1. The fourth-order valence-electron chi connectivity index (χ4n) is 2.81. The zero-order valence-electron chi connectivity index (χ0n) is 12.7. The highest BCUT2D eigenvalue weighted by atomic mass is 35.5. The molecule has 8 heteroatoms. The fourth-order valence-corrected chi connectivity index (χ4v) is 2.98.